The fourth-order valence-electron chi connectivity index (χ4n) is 2.56. The average Bonchev–Trinajstić information content (AvgIpc) is 2.65. The lowest BCUT2D eigenvalue weighted by molar-refractivity contribution is 0.0469. The molecule has 1 aromatic carbocycles. The third kappa shape index (κ3) is 3.89. The quantitative estimate of drug-likeness (QED) is 0.656. The van der Waals surface area contributed by atoms with Crippen LogP contribution in [0.15, 0.2) is 53.5 Å². The Kier molecular flexibility index (Phi) is 5.28. The number of aryl methyl sites for hydroxylation is 1. The molecular weight excluding hydrogens is 334 g/mol. The van der Waals surface area contributed by atoms with Crippen molar-refractivity contribution in [3.05, 3.63) is 75.8 Å². The van der Waals surface area contributed by atoms with Crippen LogP contribution in [0.25, 0.3) is 5.65 Å². The zero-order chi connectivity index (χ0) is 18.5. The molecular formula is C19H19N3O4. The number of esters is 1. The standard InChI is InChI=1S/C19H19N3O4/c1-13-6-7-17-21-14(10-18(24)22(17)11-13)12-26-19(25)15-4-2-3-5-16(15)20-8-9-23/h2-7,10-11,20,23H,8-9,12H2,1H3. The van der Waals surface area contributed by atoms with Gasteiger partial charge in [-0.25, -0.2) is 9.78 Å². The summed E-state index contributed by atoms with van der Waals surface area (Å²) < 4.78 is 6.76. The summed E-state index contributed by atoms with van der Waals surface area (Å²) in [5.41, 5.74) is 2.54. The van der Waals surface area contributed by atoms with Gasteiger partial charge in [0.05, 0.1) is 17.9 Å². The number of aliphatic hydroxyl groups excluding tert-OH is 1. The summed E-state index contributed by atoms with van der Waals surface area (Å²) in [6.07, 6.45) is 1.71. The second kappa shape index (κ2) is 7.79. The molecule has 2 N–H and O–H groups in total. The lowest BCUT2D eigenvalue weighted by Gasteiger charge is -2.11. The molecule has 2 aromatic heterocycles. The van der Waals surface area contributed by atoms with Crippen LogP contribution in [0.4, 0.5) is 5.69 Å². The lowest BCUT2D eigenvalue weighted by Crippen LogP contribution is -2.17. The first-order valence-electron chi connectivity index (χ1n) is 8.18. The highest BCUT2D eigenvalue weighted by atomic mass is 16.5. The van der Waals surface area contributed by atoms with Crippen LogP contribution < -0.4 is 10.9 Å². The zero-order valence-electron chi connectivity index (χ0n) is 14.3. The molecule has 0 saturated carbocycles. The monoisotopic (exact) mass is 353 g/mol. The minimum Gasteiger partial charge on any atom is -0.456 e. The van der Waals surface area contributed by atoms with Gasteiger partial charge >= 0.3 is 5.97 Å². The van der Waals surface area contributed by atoms with Crippen LogP contribution in [0.1, 0.15) is 21.6 Å². The molecule has 26 heavy (non-hydrogen) atoms. The predicted molar refractivity (Wildman–Crippen MR) is 97.3 cm³/mol. The number of carbonyl (C=O) groups is 1. The number of fused-ring (bicyclic) bond motifs is 1. The van der Waals surface area contributed by atoms with E-state index in [1.54, 1.807) is 36.5 Å². The number of aliphatic hydroxyl groups is 1. The molecule has 0 fully saturated rings. The van der Waals surface area contributed by atoms with Gasteiger partial charge in [0.2, 0.25) is 0 Å². The van der Waals surface area contributed by atoms with E-state index in [1.807, 2.05) is 13.0 Å². The minimum absolute atomic E-state index is 0.0478. The van der Waals surface area contributed by atoms with E-state index in [1.165, 1.54) is 10.5 Å². The SMILES string of the molecule is Cc1ccc2nc(COC(=O)c3ccccc3NCCO)cc(=O)n2c1. The molecule has 0 unspecified atom stereocenters. The van der Waals surface area contributed by atoms with E-state index in [-0.39, 0.29) is 18.8 Å². The third-order valence-corrected chi connectivity index (χ3v) is 3.79. The van der Waals surface area contributed by atoms with Crippen molar-refractivity contribution in [2.24, 2.45) is 0 Å². The number of nitrogens with one attached hydrogen (secondary N) is 1. The van der Waals surface area contributed by atoms with E-state index >= 15 is 0 Å². The van der Waals surface area contributed by atoms with Crippen molar-refractivity contribution < 1.29 is 14.6 Å². The molecule has 0 aliphatic heterocycles. The van der Waals surface area contributed by atoms with Crippen molar-refractivity contribution in [2.45, 2.75) is 13.5 Å². The number of rotatable bonds is 6. The summed E-state index contributed by atoms with van der Waals surface area (Å²) in [6, 6.07) is 11.8. The van der Waals surface area contributed by atoms with Gasteiger partial charge in [-0.1, -0.05) is 18.2 Å². The van der Waals surface area contributed by atoms with Crippen molar-refractivity contribution >= 4 is 17.3 Å². The summed E-state index contributed by atoms with van der Waals surface area (Å²) in [6.45, 7) is 2.07. The number of anilines is 1. The Bertz CT molecular complexity index is 997. The Balaban J connectivity index is 1.77. The maximum Gasteiger partial charge on any atom is 0.340 e. The van der Waals surface area contributed by atoms with Crippen LogP contribution in [-0.2, 0) is 11.3 Å². The van der Waals surface area contributed by atoms with Crippen molar-refractivity contribution in [3.63, 3.8) is 0 Å². The number of hydrogen-bond donors (Lipinski definition) is 2. The molecule has 0 amide bonds. The number of benzene rings is 1. The van der Waals surface area contributed by atoms with E-state index in [0.717, 1.165) is 5.56 Å². The van der Waals surface area contributed by atoms with Gasteiger partial charge < -0.3 is 15.2 Å². The topological polar surface area (TPSA) is 92.9 Å². The van der Waals surface area contributed by atoms with Gasteiger partial charge in [-0.05, 0) is 30.7 Å². The van der Waals surface area contributed by atoms with Crippen molar-refractivity contribution in [2.75, 3.05) is 18.5 Å². The van der Waals surface area contributed by atoms with Crippen molar-refractivity contribution in [1.82, 2.24) is 9.38 Å². The number of pyridine rings is 1. The van der Waals surface area contributed by atoms with E-state index in [0.29, 0.717) is 29.1 Å². The normalized spacial score (nSPS) is 10.7. The summed E-state index contributed by atoms with van der Waals surface area (Å²) in [4.78, 5) is 28.9. The maximum atomic E-state index is 12.4. The van der Waals surface area contributed by atoms with E-state index < -0.39 is 5.97 Å². The second-order valence-corrected chi connectivity index (χ2v) is 5.79. The molecule has 0 saturated heterocycles. The predicted octanol–water partition coefficient (Wildman–Crippen LogP) is 1.76. The van der Waals surface area contributed by atoms with Crippen LogP contribution in [0, 0.1) is 6.92 Å². The highest BCUT2D eigenvalue weighted by Gasteiger charge is 2.13. The fourth-order valence-corrected chi connectivity index (χ4v) is 2.56. The number of aromatic nitrogens is 2. The summed E-state index contributed by atoms with van der Waals surface area (Å²) in [5, 5.41) is 11.9. The molecule has 2 heterocycles. The van der Waals surface area contributed by atoms with Crippen LogP contribution in [0.3, 0.4) is 0 Å². The molecule has 7 heteroatoms. The van der Waals surface area contributed by atoms with Gasteiger partial charge in [0.1, 0.15) is 12.3 Å². The van der Waals surface area contributed by atoms with Gasteiger partial charge in [0, 0.05) is 24.5 Å². The minimum atomic E-state index is -0.531. The van der Waals surface area contributed by atoms with Gasteiger partial charge in [-0.3, -0.25) is 9.20 Å². The average molecular weight is 353 g/mol. The Labute approximate surface area is 149 Å². The summed E-state index contributed by atoms with van der Waals surface area (Å²) in [5.74, 6) is -0.531. The molecule has 134 valence electrons. The van der Waals surface area contributed by atoms with Crippen LogP contribution in [0.2, 0.25) is 0 Å². The molecule has 0 radical (unpaired) electrons. The molecule has 0 bridgehead atoms. The van der Waals surface area contributed by atoms with E-state index in [2.05, 4.69) is 10.3 Å². The van der Waals surface area contributed by atoms with Gasteiger partial charge in [0.15, 0.2) is 0 Å². The molecule has 0 spiro atoms. The Morgan fingerprint density at radius 2 is 2.08 bits per heavy atom. The van der Waals surface area contributed by atoms with E-state index in [9.17, 15) is 9.59 Å². The summed E-state index contributed by atoms with van der Waals surface area (Å²) in [7, 11) is 0. The number of para-hydroxylation sites is 1. The first-order valence-corrected chi connectivity index (χ1v) is 8.18. The zero-order valence-corrected chi connectivity index (χ0v) is 14.3. The molecule has 3 aromatic rings. The molecule has 3 rings (SSSR count). The van der Waals surface area contributed by atoms with Crippen LogP contribution >= 0.6 is 0 Å². The number of hydrogen-bond acceptors (Lipinski definition) is 6. The second-order valence-electron chi connectivity index (χ2n) is 5.79. The third-order valence-electron chi connectivity index (χ3n) is 3.79. The van der Waals surface area contributed by atoms with Crippen LogP contribution in [0.5, 0.6) is 0 Å². The number of ether oxygens (including phenoxy) is 1. The van der Waals surface area contributed by atoms with Crippen molar-refractivity contribution in [3.8, 4) is 0 Å². The lowest BCUT2D eigenvalue weighted by atomic mass is 10.2. The highest BCUT2D eigenvalue weighted by Crippen LogP contribution is 2.16. The Morgan fingerprint density at radius 3 is 2.88 bits per heavy atom. The molecule has 7 nitrogen and oxygen atoms in total. The smallest absolute Gasteiger partial charge is 0.340 e. The Hall–Kier alpha value is -3.19. The molecule has 0 aliphatic rings. The van der Waals surface area contributed by atoms with Gasteiger partial charge in [-0.2, -0.15) is 0 Å². The van der Waals surface area contributed by atoms with Crippen LogP contribution in [-0.4, -0.2) is 33.6 Å². The Morgan fingerprint density at radius 1 is 1.27 bits per heavy atom. The van der Waals surface area contributed by atoms with Crippen molar-refractivity contribution in [1.29, 1.82) is 0 Å². The number of nitrogens with zero attached hydrogens (tertiary/aromatic N) is 2. The number of carbonyl (C=O) groups excluding carboxylic acids is 1. The first kappa shape index (κ1) is 17.6. The molecule has 0 aliphatic carbocycles. The first-order chi connectivity index (χ1) is 12.6. The largest absolute Gasteiger partial charge is 0.456 e. The van der Waals surface area contributed by atoms with E-state index in [4.69, 9.17) is 9.84 Å². The maximum absolute atomic E-state index is 12.4. The highest BCUT2D eigenvalue weighted by molar-refractivity contribution is 5.95. The summed E-state index contributed by atoms with van der Waals surface area (Å²) >= 11 is 0. The molecule has 0 atom stereocenters. The van der Waals surface area contributed by atoms with Gasteiger partial charge in [0.25, 0.3) is 5.56 Å². The fraction of sp³-hybridized carbons (Fsp3) is 0.211. The van der Waals surface area contributed by atoms with Gasteiger partial charge in [-0.15, -0.1) is 0 Å².